The maximum atomic E-state index is 12.2. The number of nitrogens with zero attached hydrogens (tertiary/aromatic N) is 1. The molecule has 0 saturated carbocycles. The highest BCUT2D eigenvalue weighted by Gasteiger charge is 2.47. The first-order valence-corrected chi connectivity index (χ1v) is 9.02. The van der Waals surface area contributed by atoms with Crippen molar-refractivity contribution >= 4 is 50.8 Å². The number of fused-ring (bicyclic) bond motifs is 1. The van der Waals surface area contributed by atoms with Crippen molar-refractivity contribution in [2.24, 2.45) is 11.8 Å². The molecule has 2 heterocycles. The SMILES string of the molecule is O=C(CN1C(=O)[C@H]2CC=CC[C@@H]2C1=O)OCC(=O)c1ccc(Br)s1. The highest BCUT2D eigenvalue weighted by molar-refractivity contribution is 9.11. The van der Waals surface area contributed by atoms with Crippen LogP contribution in [0, 0.1) is 11.8 Å². The molecule has 1 aromatic heterocycles. The van der Waals surface area contributed by atoms with Crippen LogP contribution in [0.4, 0.5) is 0 Å². The summed E-state index contributed by atoms with van der Waals surface area (Å²) in [7, 11) is 0. The lowest BCUT2D eigenvalue weighted by Gasteiger charge is -2.14. The van der Waals surface area contributed by atoms with Gasteiger partial charge < -0.3 is 4.74 Å². The summed E-state index contributed by atoms with van der Waals surface area (Å²) in [5.41, 5.74) is 0. The fourth-order valence-corrected chi connectivity index (χ4v) is 4.19. The molecule has 3 rings (SSSR count). The standard InChI is InChI=1S/C16H14BrNO5S/c17-13-6-5-12(24-13)11(19)8-23-14(20)7-18-15(21)9-3-1-2-4-10(9)16(18)22/h1-2,5-6,9-10H,3-4,7-8H2/t9-,10-/m0/s1. The number of hydrogen-bond acceptors (Lipinski definition) is 6. The first-order chi connectivity index (χ1) is 11.5. The van der Waals surface area contributed by atoms with Crippen molar-refractivity contribution in [1.29, 1.82) is 0 Å². The number of Topliss-reactive ketones (excluding diaryl/α,β-unsaturated/α-hetero) is 1. The van der Waals surface area contributed by atoms with E-state index in [9.17, 15) is 19.2 Å². The van der Waals surface area contributed by atoms with Crippen molar-refractivity contribution in [2.75, 3.05) is 13.2 Å². The molecule has 0 unspecified atom stereocenters. The quantitative estimate of drug-likeness (QED) is 0.321. The van der Waals surface area contributed by atoms with Gasteiger partial charge in [0.1, 0.15) is 6.54 Å². The van der Waals surface area contributed by atoms with Gasteiger partial charge in [0.15, 0.2) is 6.61 Å². The molecule has 2 aliphatic rings. The fourth-order valence-electron chi connectivity index (χ4n) is 2.88. The van der Waals surface area contributed by atoms with E-state index in [4.69, 9.17) is 4.74 Å². The molecule has 1 aromatic rings. The zero-order valence-electron chi connectivity index (χ0n) is 12.6. The van der Waals surface area contributed by atoms with Crippen LogP contribution in [0.2, 0.25) is 0 Å². The van der Waals surface area contributed by atoms with Crippen molar-refractivity contribution in [2.45, 2.75) is 12.8 Å². The van der Waals surface area contributed by atoms with E-state index in [0.29, 0.717) is 17.7 Å². The van der Waals surface area contributed by atoms with E-state index in [0.717, 1.165) is 8.69 Å². The number of likely N-dealkylation sites (tertiary alicyclic amines) is 1. The minimum absolute atomic E-state index is 0.323. The lowest BCUT2D eigenvalue weighted by atomic mass is 9.85. The van der Waals surface area contributed by atoms with Crippen molar-refractivity contribution in [1.82, 2.24) is 4.90 Å². The first-order valence-electron chi connectivity index (χ1n) is 7.41. The van der Waals surface area contributed by atoms with Gasteiger partial charge in [0, 0.05) is 0 Å². The number of carbonyl (C=O) groups excluding carboxylic acids is 4. The van der Waals surface area contributed by atoms with Gasteiger partial charge >= 0.3 is 5.97 Å². The van der Waals surface area contributed by atoms with Gasteiger partial charge in [0.05, 0.1) is 20.5 Å². The molecule has 0 N–H and O–H groups in total. The largest absolute Gasteiger partial charge is 0.456 e. The molecule has 0 aromatic carbocycles. The minimum Gasteiger partial charge on any atom is -0.456 e. The van der Waals surface area contributed by atoms with Crippen LogP contribution >= 0.6 is 27.3 Å². The summed E-state index contributed by atoms with van der Waals surface area (Å²) in [5.74, 6) is -2.50. The average Bonchev–Trinajstić information content (AvgIpc) is 3.11. The number of rotatable bonds is 5. The molecule has 1 aliphatic heterocycles. The molecule has 2 atom stereocenters. The monoisotopic (exact) mass is 411 g/mol. The molecule has 1 saturated heterocycles. The Kier molecular flexibility index (Phi) is 4.96. The fraction of sp³-hybridized carbons (Fsp3) is 0.375. The second kappa shape index (κ2) is 6.98. The molecule has 0 radical (unpaired) electrons. The van der Waals surface area contributed by atoms with Gasteiger partial charge in [-0.25, -0.2) is 0 Å². The third-order valence-electron chi connectivity index (χ3n) is 4.10. The van der Waals surface area contributed by atoms with E-state index in [1.807, 2.05) is 12.2 Å². The minimum atomic E-state index is -0.757. The van der Waals surface area contributed by atoms with E-state index >= 15 is 0 Å². The smallest absolute Gasteiger partial charge is 0.326 e. The van der Waals surface area contributed by atoms with Crippen LogP contribution in [0.25, 0.3) is 0 Å². The van der Waals surface area contributed by atoms with E-state index < -0.39 is 19.1 Å². The summed E-state index contributed by atoms with van der Waals surface area (Å²) in [6, 6.07) is 3.37. The highest BCUT2D eigenvalue weighted by atomic mass is 79.9. The average molecular weight is 412 g/mol. The molecule has 2 amide bonds. The molecular weight excluding hydrogens is 398 g/mol. The third-order valence-corrected chi connectivity index (χ3v) is 5.76. The van der Waals surface area contributed by atoms with Crippen LogP contribution in [0.3, 0.4) is 0 Å². The van der Waals surface area contributed by atoms with Gasteiger partial charge in [-0.1, -0.05) is 12.2 Å². The number of halogens is 1. The summed E-state index contributed by atoms with van der Waals surface area (Å²) in [6.45, 7) is -0.845. The lowest BCUT2D eigenvalue weighted by molar-refractivity contribution is -0.152. The van der Waals surface area contributed by atoms with Gasteiger partial charge in [-0.15, -0.1) is 11.3 Å². The number of carbonyl (C=O) groups is 4. The Labute approximate surface area is 150 Å². The van der Waals surface area contributed by atoms with E-state index in [1.165, 1.54) is 11.3 Å². The Balaban J connectivity index is 1.54. The summed E-state index contributed by atoms with van der Waals surface area (Å²) in [6.07, 6.45) is 4.80. The second-order valence-electron chi connectivity index (χ2n) is 5.61. The van der Waals surface area contributed by atoms with Gasteiger partial charge in [-0.3, -0.25) is 24.1 Å². The predicted octanol–water partition coefficient (Wildman–Crippen LogP) is 2.19. The molecule has 126 valence electrons. The molecule has 24 heavy (non-hydrogen) atoms. The van der Waals surface area contributed by atoms with E-state index in [-0.39, 0.29) is 29.4 Å². The molecule has 0 spiro atoms. The topological polar surface area (TPSA) is 80.8 Å². The summed E-state index contributed by atoms with van der Waals surface area (Å²) < 4.78 is 5.73. The van der Waals surface area contributed by atoms with Crippen LogP contribution in [-0.4, -0.2) is 41.6 Å². The summed E-state index contributed by atoms with van der Waals surface area (Å²) in [5, 5.41) is 0. The Bertz CT molecular complexity index is 715. The molecular formula is C16H14BrNO5S. The number of allylic oxidation sites excluding steroid dienone is 2. The van der Waals surface area contributed by atoms with Crippen LogP contribution in [0.15, 0.2) is 28.1 Å². The Morgan fingerprint density at radius 3 is 2.33 bits per heavy atom. The van der Waals surface area contributed by atoms with E-state index in [1.54, 1.807) is 12.1 Å². The van der Waals surface area contributed by atoms with Gasteiger partial charge in [0.25, 0.3) is 0 Å². The summed E-state index contributed by atoms with van der Waals surface area (Å²) in [4.78, 5) is 49.7. The number of thiophene rings is 1. The zero-order chi connectivity index (χ0) is 17.3. The van der Waals surface area contributed by atoms with Crippen molar-refractivity contribution in [3.05, 3.63) is 32.9 Å². The van der Waals surface area contributed by atoms with Crippen LogP contribution in [-0.2, 0) is 19.1 Å². The van der Waals surface area contributed by atoms with Gasteiger partial charge in [-0.2, -0.15) is 0 Å². The predicted molar refractivity (Wildman–Crippen MR) is 89.4 cm³/mol. The number of ketones is 1. The highest BCUT2D eigenvalue weighted by Crippen LogP contribution is 2.34. The maximum absolute atomic E-state index is 12.2. The number of amides is 2. The third kappa shape index (κ3) is 3.34. The van der Waals surface area contributed by atoms with Gasteiger partial charge in [-0.05, 0) is 40.9 Å². The number of ether oxygens (including phenoxy) is 1. The number of hydrogen-bond donors (Lipinski definition) is 0. The number of esters is 1. The Morgan fingerprint density at radius 2 is 1.79 bits per heavy atom. The van der Waals surface area contributed by atoms with Crippen LogP contribution in [0.5, 0.6) is 0 Å². The first kappa shape index (κ1) is 17.0. The van der Waals surface area contributed by atoms with E-state index in [2.05, 4.69) is 15.9 Å². The Hall–Kier alpha value is -1.80. The van der Waals surface area contributed by atoms with Crippen molar-refractivity contribution < 1.29 is 23.9 Å². The van der Waals surface area contributed by atoms with Crippen molar-refractivity contribution in [3.63, 3.8) is 0 Å². The van der Waals surface area contributed by atoms with Crippen LogP contribution in [0.1, 0.15) is 22.5 Å². The molecule has 6 nitrogen and oxygen atoms in total. The molecule has 0 bridgehead atoms. The molecule has 8 heteroatoms. The lowest BCUT2D eigenvalue weighted by Crippen LogP contribution is -2.37. The zero-order valence-corrected chi connectivity index (χ0v) is 15.0. The second-order valence-corrected chi connectivity index (χ2v) is 8.07. The molecule has 1 aliphatic carbocycles. The van der Waals surface area contributed by atoms with Crippen LogP contribution < -0.4 is 0 Å². The normalized spacial score (nSPS) is 22.6. The maximum Gasteiger partial charge on any atom is 0.326 e. The number of imide groups is 1. The van der Waals surface area contributed by atoms with Crippen molar-refractivity contribution in [3.8, 4) is 0 Å². The molecule has 1 fully saturated rings. The summed E-state index contributed by atoms with van der Waals surface area (Å²) >= 11 is 4.50. The Morgan fingerprint density at radius 1 is 1.17 bits per heavy atom. The van der Waals surface area contributed by atoms with Gasteiger partial charge in [0.2, 0.25) is 17.6 Å².